The van der Waals surface area contributed by atoms with Gasteiger partial charge in [0.05, 0.1) is 0 Å². The predicted molar refractivity (Wildman–Crippen MR) is 101 cm³/mol. The molecule has 0 spiro atoms. The maximum atomic E-state index is 5.36. The molecule has 0 amide bonds. The number of benzene rings is 1. The van der Waals surface area contributed by atoms with E-state index in [4.69, 9.17) is 5.73 Å². The normalized spacial score (nSPS) is 10.4. The summed E-state index contributed by atoms with van der Waals surface area (Å²) in [6.45, 7) is 0.740. The number of halogens is 4. The van der Waals surface area contributed by atoms with Gasteiger partial charge >= 0.3 is 75.0 Å². The molecule has 0 saturated carbocycles. The Morgan fingerprint density at radius 3 is 1.79 bits per heavy atom. The summed E-state index contributed by atoms with van der Waals surface area (Å²) < 4.78 is -1.40. The van der Waals surface area contributed by atoms with Crippen molar-refractivity contribution in [3.05, 3.63) is 35.9 Å². The van der Waals surface area contributed by atoms with Crippen LogP contribution < -0.4 is 5.73 Å². The molecule has 80 valence electrons. The average molecular weight is 836 g/mol. The third-order valence-electron chi connectivity index (χ3n) is 1.28. The zero-order valence-corrected chi connectivity index (χ0v) is 19.9. The fourth-order valence-electron chi connectivity index (χ4n) is 0.811. The van der Waals surface area contributed by atoms with Crippen LogP contribution in [0.4, 0.5) is 0 Å². The molecule has 0 radical (unpaired) electrons. The van der Waals surface area contributed by atoms with Gasteiger partial charge in [-0.1, -0.05) is 30.3 Å². The van der Waals surface area contributed by atoms with E-state index < -0.39 is 4.00 Å². The molecule has 0 fully saturated rings. The molecule has 0 heterocycles. The van der Waals surface area contributed by atoms with E-state index in [0.717, 1.165) is 13.0 Å². The first-order chi connectivity index (χ1) is 6.43. The van der Waals surface area contributed by atoms with Crippen molar-refractivity contribution in [1.29, 1.82) is 0 Å². The summed E-state index contributed by atoms with van der Waals surface area (Å²) in [4.78, 5) is 0. The zero-order valence-electron chi connectivity index (χ0n) is 7.39. The van der Waals surface area contributed by atoms with Gasteiger partial charge in [0.2, 0.25) is 0 Å². The van der Waals surface area contributed by atoms with E-state index in [-0.39, 0.29) is 0 Å². The van der Waals surface area contributed by atoms with Gasteiger partial charge in [0.25, 0.3) is 0 Å². The average Bonchev–Trinajstić information content (AvgIpc) is 2.03. The van der Waals surface area contributed by atoms with Gasteiger partial charge in [-0.05, 0) is 18.5 Å². The topological polar surface area (TPSA) is 26.0 Å². The van der Waals surface area contributed by atoms with Crippen LogP contribution in [0.25, 0.3) is 0 Å². The summed E-state index contributed by atoms with van der Waals surface area (Å²) >= 11 is 10.2. The molecule has 1 aromatic rings. The van der Waals surface area contributed by atoms with Crippen LogP contribution in [-0.2, 0) is 6.42 Å². The van der Waals surface area contributed by atoms with Gasteiger partial charge in [-0.25, -0.2) is 0 Å². The van der Waals surface area contributed by atoms with Crippen LogP contribution >= 0.6 is 71.0 Å². The van der Waals surface area contributed by atoms with E-state index in [1.165, 1.54) is 5.56 Å². The van der Waals surface area contributed by atoms with Gasteiger partial charge < -0.3 is 5.73 Å². The summed E-state index contributed by atoms with van der Waals surface area (Å²) in [6.07, 6.45) is 0.987. The summed E-state index contributed by atoms with van der Waals surface area (Å²) in [6, 6.07) is 10.3. The van der Waals surface area contributed by atoms with E-state index in [1.54, 1.807) is 0 Å². The summed E-state index contributed by atoms with van der Waals surface area (Å²) in [5.41, 5.74) is 6.68. The molecule has 14 heavy (non-hydrogen) atoms. The molecule has 0 saturated heterocycles. The Bertz CT molecular complexity index is 231. The molecule has 6 heteroatoms. The van der Waals surface area contributed by atoms with Gasteiger partial charge in [0, 0.05) is 0 Å². The van der Waals surface area contributed by atoms with Gasteiger partial charge in [-0.3, -0.25) is 0 Å². The molecule has 2 N–H and O–H groups in total. The zero-order chi connectivity index (χ0) is 11.0. The Labute approximate surface area is 126 Å². The Morgan fingerprint density at radius 2 is 1.43 bits per heavy atom. The van der Waals surface area contributed by atoms with Crippen molar-refractivity contribution in [2.24, 2.45) is 5.73 Å². The predicted octanol–water partition coefficient (Wildman–Crippen LogP) is 4.35. The molecule has 1 rings (SSSR count). The van der Waals surface area contributed by atoms with Gasteiger partial charge in [-0.2, -0.15) is 0 Å². The van der Waals surface area contributed by atoms with Crippen molar-refractivity contribution in [2.45, 2.75) is 6.42 Å². The summed E-state index contributed by atoms with van der Waals surface area (Å²) in [5, 5.41) is 0. The Kier molecular flexibility index (Phi) is 12.1. The van der Waals surface area contributed by atoms with Crippen LogP contribution in [0.3, 0.4) is 0 Å². The van der Waals surface area contributed by atoms with Crippen LogP contribution in [0.15, 0.2) is 30.3 Å². The first-order valence-corrected chi connectivity index (χ1v) is 47.7. The molecule has 0 bridgehead atoms. The van der Waals surface area contributed by atoms with Crippen molar-refractivity contribution >= 4 is 75.0 Å². The Morgan fingerprint density at radius 1 is 1.00 bits per heavy atom. The fraction of sp³-hybridized carbons (Fsp3) is 0.250. The van der Waals surface area contributed by atoms with E-state index in [9.17, 15) is 0 Å². The Balaban J connectivity index is 0.000000292. The molecule has 1 nitrogen and oxygen atoms in total. The molecular formula is C8H11I4NPb. The number of hydrogen-bond donors (Lipinski definition) is 1. The summed E-state index contributed by atoms with van der Waals surface area (Å²) in [5.74, 6) is 0. The SMILES string of the molecule is NCCc1ccccc1.[I][Pb]([I])([I])[I]. The standard InChI is InChI=1S/C8H11N.4HI.Pb/c9-7-6-8-4-2-1-3-5-8;;;;;/h1-5H,6-7,9H2;4*1H;/q;;;;;+4/p-4. The molecule has 0 aliphatic heterocycles. The van der Waals surface area contributed by atoms with Crippen molar-refractivity contribution in [3.8, 4) is 0 Å². The third kappa shape index (κ3) is 15.0. The Hall–Kier alpha value is 3.02. The van der Waals surface area contributed by atoms with Crippen molar-refractivity contribution < 1.29 is 0 Å². The van der Waals surface area contributed by atoms with Gasteiger partial charge in [-0.15, -0.1) is 0 Å². The van der Waals surface area contributed by atoms with E-state index in [2.05, 4.69) is 83.2 Å². The molecule has 0 aliphatic carbocycles. The first-order valence-electron chi connectivity index (χ1n) is 3.93. The minimum absolute atomic E-state index is 0.740. The van der Waals surface area contributed by atoms with E-state index in [0.29, 0.717) is 0 Å². The molecule has 0 atom stereocenters. The number of rotatable bonds is 2. The second-order valence-corrected chi connectivity index (χ2v) is 171. The van der Waals surface area contributed by atoms with Crippen LogP contribution in [-0.4, -0.2) is 10.5 Å². The van der Waals surface area contributed by atoms with Gasteiger partial charge in [0.1, 0.15) is 0 Å². The molecular weight excluding hydrogens is 825 g/mol. The van der Waals surface area contributed by atoms with Crippen molar-refractivity contribution in [1.82, 2.24) is 0 Å². The monoisotopic (exact) mass is 837 g/mol. The van der Waals surface area contributed by atoms with E-state index >= 15 is 0 Å². The second-order valence-electron chi connectivity index (χ2n) is 2.45. The van der Waals surface area contributed by atoms with Crippen molar-refractivity contribution in [2.75, 3.05) is 6.54 Å². The van der Waals surface area contributed by atoms with E-state index in [1.807, 2.05) is 18.2 Å². The third-order valence-corrected chi connectivity index (χ3v) is 1.28. The van der Waals surface area contributed by atoms with Gasteiger partial charge in [0.15, 0.2) is 0 Å². The maximum absolute atomic E-state index is 5.36. The minimum atomic E-state index is -1.40. The van der Waals surface area contributed by atoms with Crippen molar-refractivity contribution in [3.63, 3.8) is 0 Å². The molecule has 1 aromatic carbocycles. The first kappa shape index (κ1) is 17.0. The molecule has 0 aliphatic rings. The van der Waals surface area contributed by atoms with Crippen LogP contribution in [0, 0.1) is 0 Å². The number of hydrogen-bond acceptors (Lipinski definition) is 1. The molecule has 0 unspecified atom stereocenters. The fourth-order valence-corrected chi connectivity index (χ4v) is 0.811. The quantitative estimate of drug-likeness (QED) is 0.349. The number of nitrogens with two attached hydrogens (primary N) is 1. The van der Waals surface area contributed by atoms with Crippen LogP contribution in [0.1, 0.15) is 5.56 Å². The van der Waals surface area contributed by atoms with Crippen LogP contribution in [0.5, 0.6) is 0 Å². The second kappa shape index (κ2) is 9.99. The molecule has 0 aromatic heterocycles. The summed E-state index contributed by atoms with van der Waals surface area (Å²) in [7, 11) is 0. The van der Waals surface area contributed by atoms with Crippen LogP contribution in [0.2, 0.25) is 0 Å².